The number of hydrogen-bond donors (Lipinski definition) is 0. The summed E-state index contributed by atoms with van der Waals surface area (Å²) in [6.45, 7) is 7.79. The van der Waals surface area contributed by atoms with Crippen molar-refractivity contribution in [1.82, 2.24) is 0 Å². The van der Waals surface area contributed by atoms with Crippen LogP contribution < -0.4 is 0 Å². The zero-order chi connectivity index (χ0) is 19.3. The van der Waals surface area contributed by atoms with Crippen LogP contribution in [-0.4, -0.2) is 0 Å². The molecule has 152 valence electrons. The van der Waals surface area contributed by atoms with Crippen LogP contribution in [0, 0.1) is 29.6 Å². The van der Waals surface area contributed by atoms with Crippen LogP contribution in [-0.2, 0) is 19.3 Å². The molecule has 5 atom stereocenters. The van der Waals surface area contributed by atoms with Crippen LogP contribution in [0.2, 0.25) is 0 Å². The lowest BCUT2D eigenvalue weighted by Crippen LogP contribution is -2.35. The Morgan fingerprint density at radius 1 is 0.786 bits per heavy atom. The molecule has 0 heteroatoms. The van der Waals surface area contributed by atoms with E-state index in [2.05, 4.69) is 37.4 Å². The molecule has 3 aliphatic carbocycles. The molecule has 4 rings (SSSR count). The molecule has 0 heterocycles. The first-order chi connectivity index (χ1) is 13.8. The maximum absolute atomic E-state index is 3.92. The minimum Gasteiger partial charge on any atom is -0.103 e. The molecule has 1 aromatic rings. The van der Waals surface area contributed by atoms with E-state index in [-0.39, 0.29) is 0 Å². The van der Waals surface area contributed by atoms with Crippen molar-refractivity contribution in [2.45, 2.75) is 83.5 Å². The van der Waals surface area contributed by atoms with Gasteiger partial charge in [0.1, 0.15) is 0 Å². The summed E-state index contributed by atoms with van der Waals surface area (Å²) in [7, 11) is 0. The predicted octanol–water partition coefficient (Wildman–Crippen LogP) is 7.71. The quantitative estimate of drug-likeness (QED) is 0.427. The van der Waals surface area contributed by atoms with Crippen molar-refractivity contribution in [3.63, 3.8) is 0 Å². The number of fused-ring (bicyclic) bond motifs is 2. The zero-order valence-corrected chi connectivity index (χ0v) is 17.9. The van der Waals surface area contributed by atoms with Crippen LogP contribution in [0.5, 0.6) is 0 Å². The molecular weight excluding hydrogens is 336 g/mol. The van der Waals surface area contributed by atoms with E-state index in [4.69, 9.17) is 0 Å². The van der Waals surface area contributed by atoms with Gasteiger partial charge in [-0.05, 0) is 123 Å². The maximum Gasteiger partial charge on any atom is -0.0244 e. The Bertz CT molecular complexity index is 669. The summed E-state index contributed by atoms with van der Waals surface area (Å²) in [6.07, 6.45) is 22.2. The Morgan fingerprint density at radius 2 is 1.54 bits per heavy atom. The smallest absolute Gasteiger partial charge is 0.0244 e. The molecule has 0 nitrogen and oxygen atoms in total. The normalized spacial score (nSPS) is 32.2. The van der Waals surface area contributed by atoms with E-state index in [1.807, 2.05) is 6.08 Å². The van der Waals surface area contributed by atoms with Crippen LogP contribution in [0.1, 0.15) is 80.9 Å². The molecule has 0 spiro atoms. The monoisotopic (exact) mass is 376 g/mol. The van der Waals surface area contributed by atoms with E-state index < -0.39 is 0 Å². The second-order valence-electron chi connectivity index (χ2n) is 10.1. The van der Waals surface area contributed by atoms with Gasteiger partial charge in [0, 0.05) is 0 Å². The number of allylic oxidation sites excluding steroid dienone is 2. The van der Waals surface area contributed by atoms with Crippen molar-refractivity contribution < 1.29 is 0 Å². The Kier molecular flexibility index (Phi) is 6.76. The number of aryl methyl sites for hydroxylation is 2. The predicted molar refractivity (Wildman–Crippen MR) is 122 cm³/mol. The molecule has 0 aliphatic heterocycles. The Hall–Kier alpha value is -1.30. The first-order valence-electron chi connectivity index (χ1n) is 12.1. The van der Waals surface area contributed by atoms with Crippen molar-refractivity contribution in [2.24, 2.45) is 29.6 Å². The van der Waals surface area contributed by atoms with Gasteiger partial charge in [-0.15, -0.1) is 13.2 Å². The highest BCUT2D eigenvalue weighted by molar-refractivity contribution is 5.34. The average molecular weight is 377 g/mol. The maximum atomic E-state index is 3.92. The fourth-order valence-electron chi connectivity index (χ4n) is 6.73. The summed E-state index contributed by atoms with van der Waals surface area (Å²) in [5, 5.41) is 0. The van der Waals surface area contributed by atoms with E-state index in [0.717, 1.165) is 42.4 Å². The van der Waals surface area contributed by atoms with Crippen LogP contribution in [0.3, 0.4) is 0 Å². The fourth-order valence-corrected chi connectivity index (χ4v) is 6.73. The minimum atomic E-state index is 0.950. The molecule has 28 heavy (non-hydrogen) atoms. The van der Waals surface area contributed by atoms with E-state index in [0.29, 0.717) is 0 Å². The summed E-state index contributed by atoms with van der Waals surface area (Å²) in [5.41, 5.74) is 4.81. The van der Waals surface area contributed by atoms with Gasteiger partial charge in [-0.25, -0.2) is 0 Å². The van der Waals surface area contributed by atoms with Gasteiger partial charge < -0.3 is 0 Å². The first kappa shape index (κ1) is 20.0. The van der Waals surface area contributed by atoms with Crippen LogP contribution in [0.15, 0.2) is 43.5 Å². The molecule has 0 bridgehead atoms. The van der Waals surface area contributed by atoms with Crippen LogP contribution in [0.25, 0.3) is 0 Å². The second-order valence-corrected chi connectivity index (χ2v) is 10.1. The highest BCUT2D eigenvalue weighted by atomic mass is 14.4. The standard InChI is InChI=1S/C28H40/c1-3-5-7-21-9-11-25-19-27(15-13-23(25)17-21)28-16-14-24-18-22(8-6-4-2)10-12-26(24)20-28/h3-4,9,11,17,22,24,26-28H,1-2,5-8,10,12-16,18-20H2. The Balaban J connectivity index is 1.32. The third-order valence-corrected chi connectivity index (χ3v) is 8.38. The highest BCUT2D eigenvalue weighted by Crippen LogP contribution is 2.49. The fraction of sp³-hybridized carbons (Fsp3) is 0.643. The molecular formula is C28H40. The van der Waals surface area contributed by atoms with Gasteiger partial charge in [-0.2, -0.15) is 0 Å². The Morgan fingerprint density at radius 3 is 2.36 bits per heavy atom. The summed E-state index contributed by atoms with van der Waals surface area (Å²) in [4.78, 5) is 0. The lowest BCUT2D eigenvalue weighted by Gasteiger charge is -2.45. The van der Waals surface area contributed by atoms with E-state index in [1.54, 1.807) is 11.1 Å². The topological polar surface area (TPSA) is 0 Å². The number of hydrogen-bond acceptors (Lipinski definition) is 0. The lowest BCUT2D eigenvalue weighted by molar-refractivity contribution is 0.0699. The van der Waals surface area contributed by atoms with Crippen molar-refractivity contribution >= 4 is 0 Å². The molecule has 0 amide bonds. The largest absolute Gasteiger partial charge is 0.103 e. The molecule has 2 fully saturated rings. The minimum absolute atomic E-state index is 0.950. The van der Waals surface area contributed by atoms with Gasteiger partial charge in [0.25, 0.3) is 0 Å². The zero-order valence-electron chi connectivity index (χ0n) is 17.9. The third kappa shape index (κ3) is 4.64. The number of benzene rings is 1. The summed E-state index contributed by atoms with van der Waals surface area (Å²) >= 11 is 0. The van der Waals surface area contributed by atoms with Gasteiger partial charge in [0.2, 0.25) is 0 Å². The third-order valence-electron chi connectivity index (χ3n) is 8.38. The summed E-state index contributed by atoms with van der Waals surface area (Å²) in [5.74, 6) is 5.03. The van der Waals surface area contributed by atoms with Crippen molar-refractivity contribution in [1.29, 1.82) is 0 Å². The molecule has 0 radical (unpaired) electrons. The average Bonchev–Trinajstić information content (AvgIpc) is 2.75. The molecule has 0 saturated heterocycles. The molecule has 0 N–H and O–H groups in total. The van der Waals surface area contributed by atoms with Crippen molar-refractivity contribution in [3.05, 3.63) is 60.2 Å². The summed E-state index contributed by atoms with van der Waals surface area (Å²) in [6, 6.07) is 7.33. The molecule has 3 aliphatic rings. The van der Waals surface area contributed by atoms with Crippen molar-refractivity contribution in [3.8, 4) is 0 Å². The molecule has 5 unspecified atom stereocenters. The van der Waals surface area contributed by atoms with Crippen LogP contribution >= 0.6 is 0 Å². The Labute approximate surface area is 173 Å². The van der Waals surface area contributed by atoms with Gasteiger partial charge in [-0.3, -0.25) is 0 Å². The van der Waals surface area contributed by atoms with E-state index >= 15 is 0 Å². The van der Waals surface area contributed by atoms with Gasteiger partial charge in [-0.1, -0.05) is 36.8 Å². The van der Waals surface area contributed by atoms with E-state index in [1.165, 1.54) is 76.2 Å². The van der Waals surface area contributed by atoms with E-state index in [9.17, 15) is 0 Å². The number of rotatable bonds is 7. The lowest BCUT2D eigenvalue weighted by atomic mass is 9.61. The van der Waals surface area contributed by atoms with Gasteiger partial charge >= 0.3 is 0 Å². The molecule has 0 aromatic heterocycles. The van der Waals surface area contributed by atoms with Crippen LogP contribution in [0.4, 0.5) is 0 Å². The molecule has 2 saturated carbocycles. The van der Waals surface area contributed by atoms with Crippen molar-refractivity contribution in [2.75, 3.05) is 0 Å². The second kappa shape index (κ2) is 9.47. The first-order valence-corrected chi connectivity index (χ1v) is 12.1. The highest BCUT2D eigenvalue weighted by Gasteiger charge is 2.38. The molecule has 1 aromatic carbocycles. The summed E-state index contributed by atoms with van der Waals surface area (Å²) < 4.78 is 0. The van der Waals surface area contributed by atoms with Gasteiger partial charge in [0.15, 0.2) is 0 Å². The van der Waals surface area contributed by atoms with Gasteiger partial charge in [0.05, 0.1) is 0 Å². The SMILES string of the molecule is C=CCCc1ccc2c(c1)CCC(C1CCC3CC(CCC=C)CCC3C1)C2.